The average Bonchev–Trinajstić information content (AvgIpc) is 2.42. The minimum atomic E-state index is -1.09. The van der Waals surface area contributed by atoms with E-state index in [-0.39, 0.29) is 12.5 Å². The molecular formula is C16H24N2O3. The Morgan fingerprint density at radius 3 is 2.52 bits per heavy atom. The van der Waals surface area contributed by atoms with Crippen molar-refractivity contribution in [2.45, 2.75) is 31.5 Å². The van der Waals surface area contributed by atoms with Crippen molar-refractivity contribution in [2.24, 2.45) is 0 Å². The highest BCUT2D eigenvalue weighted by Gasteiger charge is 2.37. The number of piperidine rings is 1. The number of carbonyl (C=O) groups excluding carboxylic acids is 1. The molecule has 0 unspecified atom stereocenters. The molecule has 5 nitrogen and oxygen atoms in total. The fourth-order valence-electron chi connectivity index (χ4n) is 2.45. The number of aliphatic hydroxyl groups excluding tert-OH is 1. The van der Waals surface area contributed by atoms with Gasteiger partial charge in [0.2, 0.25) is 5.91 Å². The number of nitrogens with zero attached hydrogens (tertiary/aromatic N) is 2. The summed E-state index contributed by atoms with van der Waals surface area (Å²) >= 11 is 0. The monoisotopic (exact) mass is 292 g/mol. The van der Waals surface area contributed by atoms with Crippen LogP contribution in [-0.2, 0) is 11.2 Å². The molecule has 21 heavy (non-hydrogen) atoms. The number of rotatable bonds is 3. The van der Waals surface area contributed by atoms with Crippen LogP contribution in [0, 0.1) is 0 Å². The van der Waals surface area contributed by atoms with E-state index >= 15 is 0 Å². The van der Waals surface area contributed by atoms with Crippen molar-refractivity contribution < 1.29 is 15.0 Å². The lowest BCUT2D eigenvalue weighted by molar-refractivity contribution is -0.145. The molecule has 2 N–H and O–H groups in total. The first-order valence-electron chi connectivity index (χ1n) is 7.24. The molecule has 1 aliphatic rings. The van der Waals surface area contributed by atoms with Gasteiger partial charge in [0.15, 0.2) is 0 Å². The summed E-state index contributed by atoms with van der Waals surface area (Å²) in [5.41, 5.74) is 0.956. The van der Waals surface area contributed by atoms with Gasteiger partial charge in [-0.1, -0.05) is 12.1 Å². The normalized spacial score (nSPS) is 25.8. The van der Waals surface area contributed by atoms with Gasteiger partial charge in [0, 0.05) is 32.9 Å². The van der Waals surface area contributed by atoms with Gasteiger partial charge in [-0.2, -0.15) is 0 Å². The Morgan fingerprint density at radius 1 is 1.38 bits per heavy atom. The van der Waals surface area contributed by atoms with Crippen LogP contribution in [0.25, 0.3) is 0 Å². The van der Waals surface area contributed by atoms with E-state index in [1.807, 2.05) is 43.3 Å². The SMILES string of the molecule is CN(C)c1ccc(CC(=O)N2CC[C@@](C)(O)[C@@H](O)C2)cc1. The number of benzene rings is 1. The van der Waals surface area contributed by atoms with E-state index in [1.165, 1.54) is 0 Å². The van der Waals surface area contributed by atoms with Crippen LogP contribution in [0.3, 0.4) is 0 Å². The maximum Gasteiger partial charge on any atom is 0.227 e. The molecule has 5 heteroatoms. The van der Waals surface area contributed by atoms with Crippen LogP contribution in [-0.4, -0.2) is 59.9 Å². The molecule has 1 aromatic rings. The van der Waals surface area contributed by atoms with Crippen molar-refractivity contribution >= 4 is 11.6 Å². The van der Waals surface area contributed by atoms with Gasteiger partial charge >= 0.3 is 0 Å². The Kier molecular flexibility index (Phi) is 4.54. The van der Waals surface area contributed by atoms with E-state index in [0.29, 0.717) is 19.4 Å². The van der Waals surface area contributed by atoms with E-state index < -0.39 is 11.7 Å². The van der Waals surface area contributed by atoms with Crippen molar-refractivity contribution in [3.05, 3.63) is 29.8 Å². The molecule has 1 aromatic carbocycles. The number of amides is 1. The third-order valence-corrected chi connectivity index (χ3v) is 4.16. The molecule has 2 atom stereocenters. The number of carbonyl (C=O) groups is 1. The molecule has 2 rings (SSSR count). The second-order valence-corrected chi connectivity index (χ2v) is 6.20. The minimum Gasteiger partial charge on any atom is -0.388 e. The molecule has 0 bridgehead atoms. The third-order valence-electron chi connectivity index (χ3n) is 4.16. The van der Waals surface area contributed by atoms with Crippen LogP contribution >= 0.6 is 0 Å². The highest BCUT2D eigenvalue weighted by Crippen LogP contribution is 2.22. The Morgan fingerprint density at radius 2 is 2.00 bits per heavy atom. The van der Waals surface area contributed by atoms with Crippen LogP contribution in [0.4, 0.5) is 5.69 Å². The summed E-state index contributed by atoms with van der Waals surface area (Å²) < 4.78 is 0. The molecule has 1 saturated heterocycles. The number of hydrogen-bond acceptors (Lipinski definition) is 4. The molecule has 0 aromatic heterocycles. The molecule has 0 aliphatic carbocycles. The lowest BCUT2D eigenvalue weighted by Gasteiger charge is -2.40. The summed E-state index contributed by atoms with van der Waals surface area (Å²) in [6, 6.07) is 7.87. The van der Waals surface area contributed by atoms with E-state index in [4.69, 9.17) is 0 Å². The van der Waals surface area contributed by atoms with Gasteiger partial charge in [0.25, 0.3) is 0 Å². The molecule has 0 saturated carbocycles. The predicted molar refractivity (Wildman–Crippen MR) is 82.3 cm³/mol. The predicted octanol–water partition coefficient (Wildman–Crippen LogP) is 0.639. The van der Waals surface area contributed by atoms with Crippen molar-refractivity contribution in [2.75, 3.05) is 32.1 Å². The highest BCUT2D eigenvalue weighted by atomic mass is 16.3. The van der Waals surface area contributed by atoms with E-state index in [1.54, 1.807) is 11.8 Å². The van der Waals surface area contributed by atoms with E-state index in [9.17, 15) is 15.0 Å². The van der Waals surface area contributed by atoms with E-state index in [0.717, 1.165) is 11.3 Å². The van der Waals surface area contributed by atoms with Crippen LogP contribution < -0.4 is 4.90 Å². The number of β-amino-alcohol motifs (C(OH)–C–C–N with tert-alkyl or cyclic N) is 1. The Labute approximate surface area is 125 Å². The first-order chi connectivity index (χ1) is 9.79. The van der Waals surface area contributed by atoms with Gasteiger partial charge in [-0.25, -0.2) is 0 Å². The smallest absolute Gasteiger partial charge is 0.227 e. The lowest BCUT2D eigenvalue weighted by Crippen LogP contribution is -2.55. The van der Waals surface area contributed by atoms with Crippen LogP contribution in [0.5, 0.6) is 0 Å². The summed E-state index contributed by atoms with van der Waals surface area (Å²) in [5.74, 6) is -0.0119. The zero-order valence-electron chi connectivity index (χ0n) is 12.9. The van der Waals surface area contributed by atoms with Crippen molar-refractivity contribution in [1.29, 1.82) is 0 Å². The van der Waals surface area contributed by atoms with Crippen LogP contribution in [0.2, 0.25) is 0 Å². The highest BCUT2D eigenvalue weighted by molar-refractivity contribution is 5.79. The minimum absolute atomic E-state index is 0.0119. The molecule has 0 spiro atoms. The number of anilines is 1. The first kappa shape index (κ1) is 15.8. The molecule has 1 heterocycles. The van der Waals surface area contributed by atoms with Crippen molar-refractivity contribution in [3.63, 3.8) is 0 Å². The lowest BCUT2D eigenvalue weighted by atomic mass is 9.90. The fraction of sp³-hybridized carbons (Fsp3) is 0.562. The largest absolute Gasteiger partial charge is 0.388 e. The van der Waals surface area contributed by atoms with Gasteiger partial charge in [-0.05, 0) is 31.0 Å². The maximum atomic E-state index is 12.3. The van der Waals surface area contributed by atoms with Crippen LogP contribution in [0.15, 0.2) is 24.3 Å². The summed E-state index contributed by atoms with van der Waals surface area (Å²) in [5, 5.41) is 19.8. The van der Waals surface area contributed by atoms with Crippen molar-refractivity contribution in [3.8, 4) is 0 Å². The third kappa shape index (κ3) is 3.74. The second kappa shape index (κ2) is 6.03. The van der Waals surface area contributed by atoms with Gasteiger partial charge < -0.3 is 20.0 Å². The topological polar surface area (TPSA) is 64.0 Å². The Balaban J connectivity index is 1.96. The van der Waals surface area contributed by atoms with Gasteiger partial charge in [0.05, 0.1) is 18.1 Å². The van der Waals surface area contributed by atoms with Gasteiger partial charge in [0.1, 0.15) is 0 Å². The number of aliphatic hydroxyl groups is 2. The molecule has 116 valence electrons. The number of hydrogen-bond donors (Lipinski definition) is 2. The molecule has 0 radical (unpaired) electrons. The first-order valence-corrected chi connectivity index (χ1v) is 7.24. The zero-order valence-corrected chi connectivity index (χ0v) is 12.9. The van der Waals surface area contributed by atoms with Crippen molar-refractivity contribution in [1.82, 2.24) is 4.90 Å². The summed E-state index contributed by atoms with van der Waals surface area (Å²) in [6.07, 6.45) is -0.159. The Hall–Kier alpha value is -1.59. The second-order valence-electron chi connectivity index (χ2n) is 6.20. The fourth-order valence-corrected chi connectivity index (χ4v) is 2.45. The summed E-state index contributed by atoms with van der Waals surface area (Å²) in [4.78, 5) is 15.9. The van der Waals surface area contributed by atoms with Crippen LogP contribution in [0.1, 0.15) is 18.9 Å². The molecular weight excluding hydrogens is 268 g/mol. The van der Waals surface area contributed by atoms with Gasteiger partial charge in [-0.15, -0.1) is 0 Å². The molecule has 1 aliphatic heterocycles. The average molecular weight is 292 g/mol. The number of likely N-dealkylation sites (tertiary alicyclic amines) is 1. The molecule has 1 amide bonds. The van der Waals surface area contributed by atoms with Gasteiger partial charge in [-0.3, -0.25) is 4.79 Å². The quantitative estimate of drug-likeness (QED) is 0.858. The standard InChI is InChI=1S/C16H24N2O3/c1-16(21)8-9-18(11-14(16)19)15(20)10-12-4-6-13(7-5-12)17(2)3/h4-7,14,19,21H,8-11H2,1-3H3/t14-,16+/m0/s1. The molecule has 1 fully saturated rings. The summed E-state index contributed by atoms with van der Waals surface area (Å²) in [6.45, 7) is 2.29. The maximum absolute atomic E-state index is 12.3. The van der Waals surface area contributed by atoms with E-state index in [2.05, 4.69) is 0 Å². The summed E-state index contributed by atoms with van der Waals surface area (Å²) in [7, 11) is 3.95. The zero-order chi connectivity index (χ0) is 15.6. The Bertz CT molecular complexity index is 497.